The molecule has 0 amide bonds. The summed E-state index contributed by atoms with van der Waals surface area (Å²) in [6, 6.07) is 9.24. The molecule has 0 radical (unpaired) electrons. The first-order valence-electron chi connectivity index (χ1n) is 8.16. The Labute approximate surface area is 124 Å². The third-order valence-corrected chi connectivity index (χ3v) is 3.71. The number of nitrogens with one attached hydrogen (secondary N) is 1. The molecule has 0 fully saturated rings. The van der Waals surface area contributed by atoms with Crippen molar-refractivity contribution in [3.05, 3.63) is 35.4 Å². The van der Waals surface area contributed by atoms with E-state index in [1.165, 1.54) is 17.5 Å². The Kier molecular flexibility index (Phi) is 8.56. The van der Waals surface area contributed by atoms with Crippen LogP contribution in [-0.4, -0.2) is 19.3 Å². The van der Waals surface area contributed by atoms with Gasteiger partial charge < -0.3 is 10.1 Å². The fourth-order valence-electron chi connectivity index (χ4n) is 2.33. The molecule has 2 heteroatoms. The lowest BCUT2D eigenvalue weighted by molar-refractivity contribution is 0.0368. The molecule has 0 heterocycles. The van der Waals surface area contributed by atoms with Gasteiger partial charge in [0, 0.05) is 6.61 Å². The van der Waals surface area contributed by atoms with Gasteiger partial charge in [0.25, 0.3) is 0 Å². The summed E-state index contributed by atoms with van der Waals surface area (Å²) < 4.78 is 5.99. The highest BCUT2D eigenvalue weighted by molar-refractivity contribution is 5.25. The first-order chi connectivity index (χ1) is 9.72. The number of ether oxygens (including phenoxy) is 1. The minimum atomic E-state index is 0.209. The molecule has 1 N–H and O–H groups in total. The molecule has 0 aliphatic heterocycles. The lowest BCUT2D eigenvalue weighted by Crippen LogP contribution is -2.32. The molecule has 0 spiro atoms. The average molecular weight is 277 g/mol. The summed E-state index contributed by atoms with van der Waals surface area (Å²) in [6.45, 7) is 10.7. The van der Waals surface area contributed by atoms with Crippen molar-refractivity contribution in [3.63, 3.8) is 0 Å². The van der Waals surface area contributed by atoms with Crippen LogP contribution in [0.4, 0.5) is 0 Å². The van der Waals surface area contributed by atoms with Crippen LogP contribution in [0.2, 0.25) is 0 Å². The van der Waals surface area contributed by atoms with Gasteiger partial charge in [0.05, 0.1) is 12.1 Å². The van der Waals surface area contributed by atoms with Gasteiger partial charge in [-0.15, -0.1) is 0 Å². The van der Waals surface area contributed by atoms with Gasteiger partial charge in [-0.3, -0.25) is 0 Å². The molecule has 0 saturated carbocycles. The van der Waals surface area contributed by atoms with E-state index in [1.807, 2.05) is 0 Å². The molecule has 20 heavy (non-hydrogen) atoms. The Morgan fingerprint density at radius 1 is 1.05 bits per heavy atom. The van der Waals surface area contributed by atoms with Crippen LogP contribution in [0, 0.1) is 0 Å². The van der Waals surface area contributed by atoms with Gasteiger partial charge in [-0.1, -0.05) is 51.5 Å². The Morgan fingerprint density at radius 2 is 1.75 bits per heavy atom. The van der Waals surface area contributed by atoms with Crippen LogP contribution in [-0.2, 0) is 11.2 Å². The Morgan fingerprint density at radius 3 is 2.30 bits per heavy atom. The van der Waals surface area contributed by atoms with E-state index < -0.39 is 0 Å². The molecule has 114 valence electrons. The van der Waals surface area contributed by atoms with Gasteiger partial charge in [-0.05, 0) is 43.9 Å². The van der Waals surface area contributed by atoms with Crippen molar-refractivity contribution >= 4 is 0 Å². The number of rotatable bonds is 10. The molecule has 2 nitrogen and oxygen atoms in total. The molecule has 2 unspecified atom stereocenters. The van der Waals surface area contributed by atoms with E-state index in [-0.39, 0.29) is 12.1 Å². The van der Waals surface area contributed by atoms with Crippen molar-refractivity contribution in [1.29, 1.82) is 0 Å². The normalized spacial score (nSPS) is 14.2. The Hall–Kier alpha value is -0.860. The third kappa shape index (κ3) is 5.64. The van der Waals surface area contributed by atoms with Gasteiger partial charge in [0.15, 0.2) is 0 Å². The van der Waals surface area contributed by atoms with Crippen molar-refractivity contribution in [1.82, 2.24) is 5.32 Å². The maximum absolute atomic E-state index is 5.99. The second kappa shape index (κ2) is 9.95. The van der Waals surface area contributed by atoms with Gasteiger partial charge in [-0.25, -0.2) is 0 Å². The number of benzene rings is 1. The molecular formula is C18H31NO. The van der Waals surface area contributed by atoms with E-state index >= 15 is 0 Å². The van der Waals surface area contributed by atoms with Crippen molar-refractivity contribution in [2.75, 3.05) is 13.2 Å². The standard InChI is InChI=1S/C18H31NO/c1-5-8-14-20-15(4)18(19-13-6-2)17-11-9-16(7-3)10-12-17/h9-12,15,18-19H,5-8,13-14H2,1-4H3. The number of hydrogen-bond acceptors (Lipinski definition) is 2. The van der Waals surface area contributed by atoms with Crippen LogP contribution in [0.5, 0.6) is 0 Å². The fourth-order valence-corrected chi connectivity index (χ4v) is 2.33. The molecule has 1 rings (SSSR count). The van der Waals surface area contributed by atoms with E-state index in [2.05, 4.69) is 57.3 Å². The average Bonchev–Trinajstić information content (AvgIpc) is 2.48. The van der Waals surface area contributed by atoms with Crippen LogP contribution in [0.3, 0.4) is 0 Å². The highest BCUT2D eigenvalue weighted by Gasteiger charge is 2.18. The lowest BCUT2D eigenvalue weighted by Gasteiger charge is -2.26. The lowest BCUT2D eigenvalue weighted by atomic mass is 10.00. The molecule has 1 aromatic rings. The summed E-state index contributed by atoms with van der Waals surface area (Å²) in [5.41, 5.74) is 2.72. The van der Waals surface area contributed by atoms with Crippen molar-refractivity contribution in [3.8, 4) is 0 Å². The third-order valence-electron chi connectivity index (χ3n) is 3.71. The van der Waals surface area contributed by atoms with Crippen molar-refractivity contribution in [2.45, 2.75) is 65.5 Å². The summed E-state index contributed by atoms with van der Waals surface area (Å²) in [4.78, 5) is 0. The zero-order valence-electron chi connectivity index (χ0n) is 13.6. The molecule has 0 aliphatic rings. The molecule has 2 atom stereocenters. The summed E-state index contributed by atoms with van der Waals surface area (Å²) in [5, 5.41) is 3.62. The molecule has 0 aromatic heterocycles. The van der Waals surface area contributed by atoms with Crippen LogP contribution in [0.25, 0.3) is 0 Å². The van der Waals surface area contributed by atoms with E-state index in [0.29, 0.717) is 0 Å². The summed E-state index contributed by atoms with van der Waals surface area (Å²) in [5.74, 6) is 0. The summed E-state index contributed by atoms with van der Waals surface area (Å²) in [6.07, 6.45) is 4.77. The first kappa shape index (κ1) is 17.2. The maximum Gasteiger partial charge on any atom is 0.0741 e. The quantitative estimate of drug-likeness (QED) is 0.636. The van der Waals surface area contributed by atoms with Crippen LogP contribution in [0.15, 0.2) is 24.3 Å². The predicted molar refractivity (Wildman–Crippen MR) is 87.2 cm³/mol. The number of hydrogen-bond donors (Lipinski definition) is 1. The first-order valence-corrected chi connectivity index (χ1v) is 8.16. The molecule has 0 aliphatic carbocycles. The Bertz CT molecular complexity index is 347. The second-order valence-electron chi connectivity index (χ2n) is 5.46. The molecule has 1 aromatic carbocycles. The van der Waals surface area contributed by atoms with E-state index in [9.17, 15) is 0 Å². The van der Waals surface area contributed by atoms with E-state index in [1.54, 1.807) is 0 Å². The smallest absolute Gasteiger partial charge is 0.0741 e. The van der Waals surface area contributed by atoms with Crippen LogP contribution < -0.4 is 5.32 Å². The summed E-state index contributed by atoms with van der Waals surface area (Å²) >= 11 is 0. The summed E-state index contributed by atoms with van der Waals surface area (Å²) in [7, 11) is 0. The van der Waals surface area contributed by atoms with Crippen LogP contribution in [0.1, 0.15) is 64.1 Å². The van der Waals surface area contributed by atoms with Gasteiger partial charge in [-0.2, -0.15) is 0 Å². The predicted octanol–water partition coefficient (Wildman–Crippen LogP) is 4.49. The van der Waals surface area contributed by atoms with E-state index in [4.69, 9.17) is 4.74 Å². The van der Waals surface area contributed by atoms with Gasteiger partial charge in [0.2, 0.25) is 0 Å². The number of unbranched alkanes of at least 4 members (excludes halogenated alkanes) is 1. The fraction of sp³-hybridized carbons (Fsp3) is 0.667. The highest BCUT2D eigenvalue weighted by atomic mass is 16.5. The molecule has 0 saturated heterocycles. The van der Waals surface area contributed by atoms with Crippen molar-refractivity contribution < 1.29 is 4.74 Å². The van der Waals surface area contributed by atoms with Gasteiger partial charge >= 0.3 is 0 Å². The van der Waals surface area contributed by atoms with Crippen LogP contribution >= 0.6 is 0 Å². The minimum Gasteiger partial charge on any atom is -0.377 e. The SMILES string of the molecule is CCCCOC(C)C(NCCC)c1ccc(CC)cc1. The zero-order valence-corrected chi connectivity index (χ0v) is 13.6. The monoisotopic (exact) mass is 277 g/mol. The topological polar surface area (TPSA) is 21.3 Å². The Balaban J connectivity index is 2.70. The van der Waals surface area contributed by atoms with Gasteiger partial charge in [0.1, 0.15) is 0 Å². The van der Waals surface area contributed by atoms with E-state index in [0.717, 1.165) is 32.4 Å². The largest absolute Gasteiger partial charge is 0.377 e. The zero-order chi connectivity index (χ0) is 14.8. The molecule has 0 bridgehead atoms. The highest BCUT2D eigenvalue weighted by Crippen LogP contribution is 2.20. The van der Waals surface area contributed by atoms with Crippen molar-refractivity contribution in [2.24, 2.45) is 0 Å². The maximum atomic E-state index is 5.99. The number of aryl methyl sites for hydroxylation is 1. The second-order valence-corrected chi connectivity index (χ2v) is 5.46. The molecular weight excluding hydrogens is 246 g/mol. The minimum absolute atomic E-state index is 0.209.